The van der Waals surface area contributed by atoms with E-state index < -0.39 is 0 Å². The van der Waals surface area contributed by atoms with Gasteiger partial charge in [-0.3, -0.25) is 0 Å². The predicted molar refractivity (Wildman–Crippen MR) is 79.4 cm³/mol. The van der Waals surface area contributed by atoms with Crippen molar-refractivity contribution in [3.63, 3.8) is 0 Å². The van der Waals surface area contributed by atoms with Crippen LogP contribution in [0.2, 0.25) is 5.02 Å². The average Bonchev–Trinajstić information content (AvgIpc) is 2.81. The van der Waals surface area contributed by atoms with Gasteiger partial charge in [0.1, 0.15) is 0 Å². The normalized spacial score (nSPS) is 13.7. The Bertz CT molecular complexity index is 676. The molecule has 0 aromatic heterocycles. The van der Waals surface area contributed by atoms with E-state index in [4.69, 9.17) is 16.3 Å². The molecule has 2 aromatic rings. The van der Waals surface area contributed by atoms with Crippen LogP contribution in [0.4, 0.5) is 0 Å². The van der Waals surface area contributed by atoms with Crippen molar-refractivity contribution < 1.29 is 25.9 Å². The van der Waals surface area contributed by atoms with Crippen LogP contribution in [0, 0.1) is 3.57 Å². The molecule has 0 fully saturated rings. The standard InChI is InChI=1S/C17H15ClIO/c1-11(2)20-14-5-3-4-12(8-14)16-10-19-17-7-6-13(18)9-15(16)17/h3-11H,1-2H3/q-1. The second-order valence-corrected chi connectivity index (χ2v) is 7.79. The fraction of sp³-hybridized carbons (Fsp3) is 0.176. The first-order chi connectivity index (χ1) is 9.63. The molecule has 0 bridgehead atoms. The summed E-state index contributed by atoms with van der Waals surface area (Å²) in [6.07, 6.45) is 0.192. The summed E-state index contributed by atoms with van der Waals surface area (Å²) in [5.74, 6) is 0.923. The van der Waals surface area contributed by atoms with Crippen molar-refractivity contribution in [2.45, 2.75) is 20.0 Å². The molecular weight excluding hydrogens is 383 g/mol. The van der Waals surface area contributed by atoms with Gasteiger partial charge in [0.15, 0.2) is 0 Å². The summed E-state index contributed by atoms with van der Waals surface area (Å²) in [6, 6.07) is 14.5. The van der Waals surface area contributed by atoms with Crippen molar-refractivity contribution in [2.75, 3.05) is 0 Å². The SMILES string of the molecule is CC(C)Oc1cccc(C2=C[I-]c3ccc(Cl)cc32)c1. The van der Waals surface area contributed by atoms with Crippen LogP contribution in [0.25, 0.3) is 5.57 Å². The van der Waals surface area contributed by atoms with E-state index in [2.05, 4.69) is 34.4 Å². The molecule has 1 nitrogen and oxygen atoms in total. The molecule has 0 unspecified atom stereocenters. The number of rotatable bonds is 3. The molecule has 104 valence electrons. The number of ether oxygens (including phenoxy) is 1. The second kappa shape index (κ2) is 5.78. The number of benzene rings is 2. The maximum absolute atomic E-state index is 6.14. The monoisotopic (exact) mass is 397 g/mol. The third kappa shape index (κ3) is 2.86. The van der Waals surface area contributed by atoms with Gasteiger partial charge in [0.25, 0.3) is 0 Å². The first kappa shape index (κ1) is 14.0. The third-order valence-corrected chi connectivity index (χ3v) is 5.80. The van der Waals surface area contributed by atoms with Gasteiger partial charge in [0.2, 0.25) is 0 Å². The van der Waals surface area contributed by atoms with Crippen molar-refractivity contribution in [3.05, 3.63) is 66.3 Å². The molecule has 3 rings (SSSR count). The average molecular weight is 398 g/mol. The number of halogens is 2. The Kier molecular flexibility index (Phi) is 4.03. The van der Waals surface area contributed by atoms with E-state index in [1.54, 1.807) is 0 Å². The molecule has 2 aromatic carbocycles. The van der Waals surface area contributed by atoms with E-state index in [0.29, 0.717) is 0 Å². The zero-order valence-corrected chi connectivity index (χ0v) is 14.3. The van der Waals surface area contributed by atoms with Gasteiger partial charge < -0.3 is 0 Å². The fourth-order valence-corrected chi connectivity index (χ4v) is 4.88. The van der Waals surface area contributed by atoms with Gasteiger partial charge in [0.05, 0.1) is 0 Å². The van der Waals surface area contributed by atoms with Crippen LogP contribution >= 0.6 is 11.6 Å². The van der Waals surface area contributed by atoms with Crippen LogP contribution in [-0.4, -0.2) is 6.10 Å². The molecule has 0 aliphatic carbocycles. The summed E-state index contributed by atoms with van der Waals surface area (Å²) in [5, 5.41) is 0.801. The molecule has 0 saturated carbocycles. The van der Waals surface area contributed by atoms with Crippen LogP contribution in [0.5, 0.6) is 5.75 Å². The van der Waals surface area contributed by atoms with Gasteiger partial charge in [-0.2, -0.15) is 0 Å². The van der Waals surface area contributed by atoms with Gasteiger partial charge in [-0.05, 0) is 0 Å². The van der Waals surface area contributed by atoms with E-state index in [-0.39, 0.29) is 27.3 Å². The predicted octanol–water partition coefficient (Wildman–Crippen LogP) is 1.79. The third-order valence-electron chi connectivity index (χ3n) is 3.02. The summed E-state index contributed by atoms with van der Waals surface area (Å²) in [6.45, 7) is 4.09. The topological polar surface area (TPSA) is 9.23 Å². The summed E-state index contributed by atoms with van der Waals surface area (Å²) >= 11 is 6.09. The van der Waals surface area contributed by atoms with E-state index >= 15 is 0 Å². The summed E-state index contributed by atoms with van der Waals surface area (Å²) < 4.78 is 9.59. The van der Waals surface area contributed by atoms with Crippen molar-refractivity contribution in [2.24, 2.45) is 0 Å². The molecule has 1 heterocycles. The number of hydrogen-bond donors (Lipinski definition) is 0. The molecule has 0 saturated heterocycles. The molecule has 1 aliphatic rings. The Balaban J connectivity index is 1.98. The van der Waals surface area contributed by atoms with Crippen molar-refractivity contribution in [1.29, 1.82) is 0 Å². The van der Waals surface area contributed by atoms with Gasteiger partial charge in [-0.1, -0.05) is 0 Å². The first-order valence-corrected chi connectivity index (χ1v) is 9.24. The Morgan fingerprint density at radius 1 is 1.10 bits per heavy atom. The molecule has 0 atom stereocenters. The van der Waals surface area contributed by atoms with E-state index in [1.807, 2.05) is 26.0 Å². The molecular formula is C17H15ClIO-. The van der Waals surface area contributed by atoms with Crippen LogP contribution in [0.1, 0.15) is 25.0 Å². The Hall–Kier alpha value is -1.00. The number of fused-ring (bicyclic) bond motifs is 1. The molecule has 1 aliphatic heterocycles. The van der Waals surface area contributed by atoms with E-state index in [0.717, 1.165) is 10.8 Å². The number of hydrogen-bond acceptors (Lipinski definition) is 1. The van der Waals surface area contributed by atoms with Gasteiger partial charge in [-0.25, -0.2) is 0 Å². The minimum absolute atomic E-state index is 0.0450. The van der Waals surface area contributed by atoms with E-state index in [1.165, 1.54) is 20.3 Å². The van der Waals surface area contributed by atoms with Crippen LogP contribution in [0.15, 0.2) is 46.5 Å². The zero-order chi connectivity index (χ0) is 14.1. The Labute approximate surface area is 134 Å². The van der Waals surface area contributed by atoms with Crippen molar-refractivity contribution in [3.8, 4) is 5.75 Å². The van der Waals surface area contributed by atoms with Crippen molar-refractivity contribution in [1.82, 2.24) is 0 Å². The van der Waals surface area contributed by atoms with Gasteiger partial charge >= 0.3 is 135 Å². The second-order valence-electron chi connectivity index (χ2n) is 4.95. The molecule has 3 heteroatoms. The zero-order valence-electron chi connectivity index (χ0n) is 11.4. The van der Waals surface area contributed by atoms with Crippen LogP contribution in [0.3, 0.4) is 0 Å². The summed E-state index contributed by atoms with van der Waals surface area (Å²) in [5.41, 5.74) is 3.79. The van der Waals surface area contributed by atoms with Crippen LogP contribution in [-0.2, 0) is 0 Å². The van der Waals surface area contributed by atoms with Gasteiger partial charge in [-0.15, -0.1) is 0 Å². The molecule has 20 heavy (non-hydrogen) atoms. The maximum atomic E-state index is 6.14. The fourth-order valence-electron chi connectivity index (χ4n) is 2.20. The molecule has 0 N–H and O–H groups in total. The molecule has 0 spiro atoms. The first-order valence-electron chi connectivity index (χ1n) is 6.54. The molecule has 0 radical (unpaired) electrons. The van der Waals surface area contributed by atoms with Gasteiger partial charge in [0, 0.05) is 0 Å². The quantitative estimate of drug-likeness (QED) is 0.718. The van der Waals surface area contributed by atoms with Crippen LogP contribution < -0.4 is 25.9 Å². The van der Waals surface area contributed by atoms with Crippen molar-refractivity contribution >= 4 is 17.2 Å². The Morgan fingerprint density at radius 2 is 1.95 bits per heavy atom. The summed E-state index contributed by atoms with van der Waals surface area (Å²) in [4.78, 5) is 0. The van der Waals surface area contributed by atoms with E-state index in [9.17, 15) is 0 Å². The molecule has 0 amide bonds. The summed E-state index contributed by atoms with van der Waals surface area (Å²) in [7, 11) is 0. The Morgan fingerprint density at radius 3 is 2.75 bits per heavy atom. The minimum atomic E-state index is -0.0450.